The number of allylic oxidation sites excluding steroid dienone is 2. The van der Waals surface area contributed by atoms with E-state index in [0.717, 1.165) is 34.3 Å². The van der Waals surface area contributed by atoms with E-state index in [1.165, 1.54) is 5.57 Å². The summed E-state index contributed by atoms with van der Waals surface area (Å²) >= 11 is 0. The van der Waals surface area contributed by atoms with Crippen molar-refractivity contribution in [2.75, 3.05) is 13.1 Å². The number of carboxylic acids is 1. The number of benzene rings is 3. The number of amides is 1. The van der Waals surface area contributed by atoms with Gasteiger partial charge in [-0.05, 0) is 73.0 Å². The lowest BCUT2D eigenvalue weighted by molar-refractivity contribution is 0.0679. The van der Waals surface area contributed by atoms with Gasteiger partial charge in [-0.25, -0.2) is 9.78 Å². The maximum Gasteiger partial charge on any atom is 0.335 e. The van der Waals surface area contributed by atoms with Crippen molar-refractivity contribution < 1.29 is 19.5 Å². The molecule has 0 saturated carbocycles. The second-order valence-corrected chi connectivity index (χ2v) is 13.8. The summed E-state index contributed by atoms with van der Waals surface area (Å²) in [5.74, 6) is -0.395. The Hall–Kier alpha value is -5.63. The second kappa shape index (κ2) is 12.1. The van der Waals surface area contributed by atoms with E-state index in [9.17, 15) is 19.5 Å². The summed E-state index contributed by atoms with van der Waals surface area (Å²) in [6, 6.07) is 26.0. The SMILES string of the molecule is CC(=O)c1ccc2c(c1)nc(-c1ccccc1C(=O)N1CC=C3C(C)(C)C(c4ccc(C(=O)O)cc4)=CC[C@]3(C)C1)n2Cc1ccccn1. The van der Waals surface area contributed by atoms with E-state index in [-0.39, 0.29) is 28.1 Å². The molecule has 0 unspecified atom stereocenters. The summed E-state index contributed by atoms with van der Waals surface area (Å²) in [6.07, 6.45) is 6.98. The molecule has 5 aromatic rings. The molecule has 49 heavy (non-hydrogen) atoms. The van der Waals surface area contributed by atoms with Gasteiger partial charge in [0.25, 0.3) is 5.91 Å². The van der Waals surface area contributed by atoms with Crippen molar-refractivity contribution >= 4 is 34.3 Å². The van der Waals surface area contributed by atoms with Crippen LogP contribution in [0.25, 0.3) is 28.0 Å². The topological polar surface area (TPSA) is 105 Å². The number of Topliss-reactive ketones (excluding diaryl/α,β-unsaturated/α-hetero) is 1. The monoisotopic (exact) mass is 650 g/mol. The highest BCUT2D eigenvalue weighted by atomic mass is 16.4. The first-order valence-corrected chi connectivity index (χ1v) is 16.5. The van der Waals surface area contributed by atoms with Gasteiger partial charge >= 0.3 is 5.97 Å². The predicted octanol–water partition coefficient (Wildman–Crippen LogP) is 7.95. The van der Waals surface area contributed by atoms with E-state index in [4.69, 9.17) is 4.98 Å². The molecule has 2 aromatic heterocycles. The quantitative estimate of drug-likeness (QED) is 0.142. The number of imidazole rings is 1. The molecule has 8 heteroatoms. The average molecular weight is 651 g/mol. The molecular formula is C41H38N4O4. The number of ketones is 1. The van der Waals surface area contributed by atoms with Crippen molar-refractivity contribution in [2.45, 2.75) is 40.7 Å². The van der Waals surface area contributed by atoms with Gasteiger partial charge in [-0.3, -0.25) is 14.6 Å². The molecule has 3 aromatic carbocycles. The molecule has 1 amide bonds. The van der Waals surface area contributed by atoms with Crippen LogP contribution >= 0.6 is 0 Å². The molecule has 246 valence electrons. The molecule has 2 aliphatic rings. The van der Waals surface area contributed by atoms with Crippen LogP contribution in [0.4, 0.5) is 0 Å². The van der Waals surface area contributed by atoms with Crippen LogP contribution in [0, 0.1) is 10.8 Å². The maximum absolute atomic E-state index is 14.5. The number of fused-ring (bicyclic) bond motifs is 2. The fraction of sp³-hybridized carbons (Fsp3) is 0.244. The summed E-state index contributed by atoms with van der Waals surface area (Å²) in [6.45, 7) is 9.68. The van der Waals surface area contributed by atoms with Gasteiger partial charge in [0.05, 0.1) is 34.4 Å². The van der Waals surface area contributed by atoms with Crippen LogP contribution in [0.15, 0.2) is 109 Å². The van der Waals surface area contributed by atoms with Crippen molar-refractivity contribution in [3.05, 3.63) is 137 Å². The zero-order valence-corrected chi connectivity index (χ0v) is 28.1. The number of hydrogen-bond donors (Lipinski definition) is 1. The number of carbonyl (C=O) groups excluding carboxylic acids is 2. The van der Waals surface area contributed by atoms with Gasteiger partial charge in [0.1, 0.15) is 5.82 Å². The average Bonchev–Trinajstić information content (AvgIpc) is 3.45. The number of hydrogen-bond acceptors (Lipinski definition) is 5. The van der Waals surface area contributed by atoms with E-state index in [1.54, 1.807) is 25.3 Å². The summed E-state index contributed by atoms with van der Waals surface area (Å²) in [5, 5.41) is 9.37. The Morgan fingerprint density at radius 1 is 0.878 bits per heavy atom. The fourth-order valence-corrected chi connectivity index (χ4v) is 7.76. The molecule has 0 radical (unpaired) electrons. The summed E-state index contributed by atoms with van der Waals surface area (Å²) in [4.78, 5) is 49.7. The van der Waals surface area contributed by atoms with Gasteiger partial charge in [0.2, 0.25) is 0 Å². The maximum atomic E-state index is 14.5. The van der Waals surface area contributed by atoms with Crippen molar-refractivity contribution in [2.24, 2.45) is 10.8 Å². The van der Waals surface area contributed by atoms with E-state index in [1.807, 2.05) is 77.7 Å². The molecule has 7 rings (SSSR count). The molecule has 0 bridgehead atoms. The van der Waals surface area contributed by atoms with Crippen LogP contribution in [-0.2, 0) is 6.54 Å². The summed E-state index contributed by atoms with van der Waals surface area (Å²) in [5.41, 5.74) is 7.42. The first-order chi connectivity index (χ1) is 23.5. The summed E-state index contributed by atoms with van der Waals surface area (Å²) in [7, 11) is 0. The van der Waals surface area contributed by atoms with Gasteiger partial charge in [0.15, 0.2) is 5.78 Å². The third-order valence-corrected chi connectivity index (χ3v) is 10.1. The molecule has 0 fully saturated rings. The number of nitrogens with zero attached hydrogens (tertiary/aromatic N) is 4. The number of carbonyl (C=O) groups is 3. The van der Waals surface area contributed by atoms with Gasteiger partial charge in [0, 0.05) is 41.2 Å². The van der Waals surface area contributed by atoms with Crippen LogP contribution in [-0.4, -0.2) is 55.3 Å². The van der Waals surface area contributed by atoms with Crippen molar-refractivity contribution in [1.82, 2.24) is 19.4 Å². The Morgan fingerprint density at radius 2 is 1.61 bits per heavy atom. The molecule has 3 heterocycles. The Balaban J connectivity index is 1.23. The zero-order valence-electron chi connectivity index (χ0n) is 28.1. The zero-order chi connectivity index (χ0) is 34.5. The standard InChI is InChI=1S/C41H38N4O4/c1-26(46)29-16-17-35-34(23-29)43-37(45(35)24-30-9-7-8-21-42-30)31-10-5-6-11-32(31)38(47)44-22-19-36-40(2,3)33(18-20-41(36,4)25-44)27-12-14-28(15-13-27)39(48)49/h5-19,21,23H,20,22,24-25H2,1-4H3,(H,48,49)/t41-/m1/s1. The van der Waals surface area contributed by atoms with Gasteiger partial charge in [-0.1, -0.05) is 74.9 Å². The van der Waals surface area contributed by atoms with E-state index < -0.39 is 5.97 Å². The predicted molar refractivity (Wildman–Crippen MR) is 190 cm³/mol. The molecule has 1 N–H and O–H groups in total. The molecule has 1 aliphatic carbocycles. The Morgan fingerprint density at radius 3 is 2.33 bits per heavy atom. The second-order valence-electron chi connectivity index (χ2n) is 13.8. The van der Waals surface area contributed by atoms with Gasteiger partial charge in [-0.15, -0.1) is 0 Å². The Kier molecular flexibility index (Phi) is 7.90. The van der Waals surface area contributed by atoms with Crippen LogP contribution in [0.2, 0.25) is 0 Å². The Bertz CT molecular complexity index is 2190. The largest absolute Gasteiger partial charge is 0.478 e. The first-order valence-electron chi connectivity index (χ1n) is 16.5. The Labute approximate surface area is 285 Å². The molecule has 0 spiro atoms. The molecule has 8 nitrogen and oxygen atoms in total. The smallest absolute Gasteiger partial charge is 0.335 e. The minimum Gasteiger partial charge on any atom is -0.478 e. The molecular weight excluding hydrogens is 612 g/mol. The van der Waals surface area contributed by atoms with Crippen LogP contribution in [0.5, 0.6) is 0 Å². The van der Waals surface area contributed by atoms with E-state index in [0.29, 0.717) is 42.1 Å². The van der Waals surface area contributed by atoms with Crippen LogP contribution in [0.1, 0.15) is 76.4 Å². The van der Waals surface area contributed by atoms with E-state index >= 15 is 0 Å². The first kappa shape index (κ1) is 31.9. The number of carboxylic acid groups (broad SMARTS) is 1. The minimum absolute atomic E-state index is 0.0340. The normalized spacial score (nSPS) is 18.4. The third-order valence-electron chi connectivity index (χ3n) is 10.1. The molecule has 0 saturated heterocycles. The van der Waals surface area contributed by atoms with Crippen molar-refractivity contribution in [1.29, 1.82) is 0 Å². The van der Waals surface area contributed by atoms with Gasteiger partial charge < -0.3 is 14.6 Å². The van der Waals surface area contributed by atoms with E-state index in [2.05, 4.69) is 42.5 Å². The number of aromatic nitrogens is 3. The number of pyridine rings is 1. The lowest BCUT2D eigenvalue weighted by atomic mass is 9.58. The minimum atomic E-state index is -0.940. The fourth-order valence-electron chi connectivity index (χ4n) is 7.76. The molecule has 1 atom stereocenters. The number of rotatable bonds is 7. The highest BCUT2D eigenvalue weighted by Gasteiger charge is 2.46. The van der Waals surface area contributed by atoms with Crippen molar-refractivity contribution in [3.8, 4) is 11.4 Å². The lowest BCUT2D eigenvalue weighted by Gasteiger charge is -2.50. The molecule has 1 aliphatic heterocycles. The van der Waals surface area contributed by atoms with Crippen molar-refractivity contribution in [3.63, 3.8) is 0 Å². The number of aromatic carboxylic acids is 1. The summed E-state index contributed by atoms with van der Waals surface area (Å²) < 4.78 is 2.07. The van der Waals surface area contributed by atoms with Gasteiger partial charge in [-0.2, -0.15) is 0 Å². The van der Waals surface area contributed by atoms with Crippen LogP contribution in [0.3, 0.4) is 0 Å². The van der Waals surface area contributed by atoms with Crippen LogP contribution < -0.4 is 0 Å². The lowest BCUT2D eigenvalue weighted by Crippen LogP contribution is -2.48. The highest BCUT2D eigenvalue weighted by Crippen LogP contribution is 2.55. The third kappa shape index (κ3) is 5.67. The highest BCUT2D eigenvalue weighted by molar-refractivity contribution is 6.02.